The predicted molar refractivity (Wildman–Crippen MR) is 114 cm³/mol. The summed E-state index contributed by atoms with van der Waals surface area (Å²) in [7, 11) is -4.20. The average Bonchev–Trinajstić information content (AvgIpc) is 3.34. The third kappa shape index (κ3) is 4.15. The fourth-order valence-corrected chi connectivity index (χ4v) is 5.01. The van der Waals surface area contributed by atoms with Crippen LogP contribution in [0.1, 0.15) is 25.1 Å². The van der Waals surface area contributed by atoms with Gasteiger partial charge in [0.1, 0.15) is 24.6 Å². The molecule has 1 aromatic carbocycles. The van der Waals surface area contributed by atoms with Crippen molar-refractivity contribution in [2.45, 2.75) is 50.3 Å². The van der Waals surface area contributed by atoms with Crippen molar-refractivity contribution in [2.24, 2.45) is 0 Å². The number of nitrogens with zero attached hydrogens (tertiary/aromatic N) is 4. The van der Waals surface area contributed by atoms with Gasteiger partial charge in [0.15, 0.2) is 23.2 Å². The molecule has 2 saturated heterocycles. The molecule has 11 nitrogen and oxygen atoms in total. The first-order chi connectivity index (χ1) is 15.4. The Hall–Kier alpha value is -2.40. The summed E-state index contributed by atoms with van der Waals surface area (Å²) in [5.74, 6) is 0.582. The van der Waals surface area contributed by atoms with Gasteiger partial charge in [-0.2, -0.15) is 0 Å². The number of aliphatic hydroxyl groups excluding tert-OH is 1. The molecule has 3 aromatic rings. The van der Waals surface area contributed by atoms with Gasteiger partial charge >= 0.3 is 7.82 Å². The van der Waals surface area contributed by atoms with Crippen LogP contribution in [0.15, 0.2) is 43.0 Å². The Balaban J connectivity index is 1.33. The number of rotatable bonds is 6. The van der Waals surface area contributed by atoms with Crippen molar-refractivity contribution in [3.8, 4) is 0 Å². The molecule has 2 aliphatic rings. The number of nitrogens with one attached hydrogen (secondary N) is 1. The SMILES string of the molecule is CC(CCc1ccccc1)Nc1ncnc2c1ncn2[C@@H]1O[C@@H]2COP(=O)(O)O[C@H]2[C@H]1O. The lowest BCUT2D eigenvalue weighted by Crippen LogP contribution is -2.39. The molecule has 12 heteroatoms. The second-order valence-corrected chi connectivity index (χ2v) is 9.41. The van der Waals surface area contributed by atoms with E-state index in [1.54, 1.807) is 4.57 Å². The zero-order valence-electron chi connectivity index (χ0n) is 17.3. The number of ether oxygens (including phenoxy) is 1. The maximum atomic E-state index is 11.7. The largest absolute Gasteiger partial charge is 0.472 e. The first kappa shape index (κ1) is 21.4. The zero-order valence-corrected chi connectivity index (χ0v) is 18.2. The number of hydrogen-bond acceptors (Lipinski definition) is 9. The highest BCUT2D eigenvalue weighted by molar-refractivity contribution is 7.47. The predicted octanol–water partition coefficient (Wildman–Crippen LogP) is 2.03. The highest BCUT2D eigenvalue weighted by atomic mass is 31.2. The van der Waals surface area contributed by atoms with Gasteiger partial charge < -0.3 is 20.1 Å². The van der Waals surface area contributed by atoms with Crippen LogP contribution in [0.25, 0.3) is 11.2 Å². The van der Waals surface area contributed by atoms with Gasteiger partial charge in [-0.05, 0) is 25.3 Å². The van der Waals surface area contributed by atoms with Crippen LogP contribution in [0.2, 0.25) is 0 Å². The Morgan fingerprint density at radius 2 is 2.09 bits per heavy atom. The molecule has 170 valence electrons. The molecular weight excluding hydrogens is 437 g/mol. The van der Waals surface area contributed by atoms with Crippen LogP contribution in [0.3, 0.4) is 0 Å². The molecule has 3 N–H and O–H groups in total. The molecule has 2 fully saturated rings. The molecule has 0 spiro atoms. The van der Waals surface area contributed by atoms with E-state index in [1.165, 1.54) is 18.2 Å². The summed E-state index contributed by atoms with van der Waals surface area (Å²) in [5, 5.41) is 14.1. The maximum Gasteiger partial charge on any atom is 0.472 e. The summed E-state index contributed by atoms with van der Waals surface area (Å²) in [6.07, 6.45) is 1.00. The first-order valence-corrected chi connectivity index (χ1v) is 11.9. The molecule has 4 heterocycles. The van der Waals surface area contributed by atoms with E-state index >= 15 is 0 Å². The number of anilines is 1. The highest BCUT2D eigenvalue weighted by Crippen LogP contribution is 2.52. The minimum atomic E-state index is -4.20. The molecule has 0 bridgehead atoms. The van der Waals surface area contributed by atoms with Crippen molar-refractivity contribution in [1.29, 1.82) is 0 Å². The van der Waals surface area contributed by atoms with E-state index in [9.17, 15) is 14.6 Å². The van der Waals surface area contributed by atoms with E-state index in [4.69, 9.17) is 13.8 Å². The number of phosphoric ester groups is 1. The molecule has 2 unspecified atom stereocenters. The van der Waals surface area contributed by atoms with E-state index in [2.05, 4.69) is 39.3 Å². The monoisotopic (exact) mass is 461 g/mol. The summed E-state index contributed by atoms with van der Waals surface area (Å²) in [6, 6.07) is 10.4. The number of phosphoric acid groups is 1. The minimum Gasteiger partial charge on any atom is -0.386 e. The molecule has 5 rings (SSSR count). The van der Waals surface area contributed by atoms with E-state index in [-0.39, 0.29) is 12.6 Å². The van der Waals surface area contributed by atoms with Gasteiger partial charge in [-0.15, -0.1) is 0 Å². The lowest BCUT2D eigenvalue weighted by molar-refractivity contribution is -0.0664. The van der Waals surface area contributed by atoms with Gasteiger partial charge in [-0.1, -0.05) is 30.3 Å². The standard InChI is InChI=1S/C20H24N5O6P/c1-12(7-8-13-5-3-2-4-6-13)24-18-15-19(22-10-21-18)25(11-23-15)20-16(26)17-14(30-20)9-29-32(27,28)31-17/h2-6,10-12,14,16-17,20,26H,7-9H2,1H3,(H,27,28)(H,21,22,24)/t12?,14-,16-,17-,20-/m1/s1. The molecule has 0 aliphatic carbocycles. The molecule has 0 radical (unpaired) electrons. The number of aryl methyl sites for hydroxylation is 1. The second kappa shape index (κ2) is 8.51. The molecular formula is C20H24N5O6P. The van der Waals surface area contributed by atoms with Crippen LogP contribution in [0, 0.1) is 0 Å². The van der Waals surface area contributed by atoms with Crippen molar-refractivity contribution in [3.63, 3.8) is 0 Å². The molecule has 6 atom stereocenters. The normalized spacial score (nSPS) is 30.8. The number of benzene rings is 1. The number of aromatic nitrogens is 4. The molecule has 0 saturated carbocycles. The van der Waals surface area contributed by atoms with Gasteiger partial charge in [0, 0.05) is 6.04 Å². The fourth-order valence-electron chi connectivity index (χ4n) is 4.04. The Bertz CT molecular complexity index is 1140. The van der Waals surface area contributed by atoms with Crippen LogP contribution in [0.5, 0.6) is 0 Å². The van der Waals surface area contributed by atoms with Crippen LogP contribution in [0.4, 0.5) is 5.82 Å². The number of aliphatic hydroxyl groups is 1. The van der Waals surface area contributed by atoms with Gasteiger partial charge in [0.05, 0.1) is 12.9 Å². The minimum absolute atomic E-state index is 0.138. The summed E-state index contributed by atoms with van der Waals surface area (Å²) in [4.78, 5) is 22.6. The van der Waals surface area contributed by atoms with E-state index in [0.717, 1.165) is 12.8 Å². The summed E-state index contributed by atoms with van der Waals surface area (Å²) in [6.45, 7) is 1.92. The lowest BCUT2D eigenvalue weighted by Gasteiger charge is -2.27. The van der Waals surface area contributed by atoms with Gasteiger partial charge in [-0.3, -0.25) is 13.6 Å². The van der Waals surface area contributed by atoms with E-state index < -0.39 is 32.4 Å². The number of fused-ring (bicyclic) bond motifs is 2. The van der Waals surface area contributed by atoms with Crippen LogP contribution in [-0.4, -0.2) is 60.5 Å². The number of imidazole rings is 1. The Labute approximate surface area is 184 Å². The van der Waals surface area contributed by atoms with Crippen molar-refractivity contribution >= 4 is 24.8 Å². The van der Waals surface area contributed by atoms with Gasteiger partial charge in [0.2, 0.25) is 0 Å². The van der Waals surface area contributed by atoms with Crippen LogP contribution < -0.4 is 5.32 Å². The zero-order chi connectivity index (χ0) is 22.3. The second-order valence-electron chi connectivity index (χ2n) is 8.01. The quantitative estimate of drug-likeness (QED) is 0.467. The Morgan fingerprint density at radius 3 is 2.91 bits per heavy atom. The highest BCUT2D eigenvalue weighted by Gasteiger charge is 2.52. The lowest BCUT2D eigenvalue weighted by atomic mass is 10.1. The molecule has 0 amide bonds. The van der Waals surface area contributed by atoms with Crippen molar-refractivity contribution in [3.05, 3.63) is 48.5 Å². The topological polar surface area (TPSA) is 141 Å². The van der Waals surface area contributed by atoms with Gasteiger partial charge in [0.25, 0.3) is 0 Å². The smallest absolute Gasteiger partial charge is 0.386 e. The fraction of sp³-hybridized carbons (Fsp3) is 0.450. The average molecular weight is 461 g/mol. The Kier molecular flexibility index (Phi) is 5.70. The maximum absolute atomic E-state index is 11.7. The van der Waals surface area contributed by atoms with Crippen molar-refractivity contribution < 1.29 is 28.3 Å². The third-order valence-electron chi connectivity index (χ3n) is 5.69. The molecule has 2 aromatic heterocycles. The summed E-state index contributed by atoms with van der Waals surface area (Å²) in [5.41, 5.74) is 2.27. The van der Waals surface area contributed by atoms with E-state index in [1.807, 2.05) is 18.2 Å². The van der Waals surface area contributed by atoms with Crippen LogP contribution >= 0.6 is 7.82 Å². The number of hydrogen-bond donors (Lipinski definition) is 3. The molecule has 2 aliphatic heterocycles. The summed E-state index contributed by atoms with van der Waals surface area (Å²) < 4.78 is 28.9. The molecule has 32 heavy (non-hydrogen) atoms. The van der Waals surface area contributed by atoms with Crippen molar-refractivity contribution in [2.75, 3.05) is 11.9 Å². The van der Waals surface area contributed by atoms with Crippen LogP contribution in [-0.2, 0) is 24.8 Å². The summed E-state index contributed by atoms with van der Waals surface area (Å²) >= 11 is 0. The Morgan fingerprint density at radius 1 is 1.28 bits per heavy atom. The van der Waals surface area contributed by atoms with Crippen molar-refractivity contribution in [1.82, 2.24) is 19.5 Å². The van der Waals surface area contributed by atoms with E-state index in [0.29, 0.717) is 17.0 Å². The third-order valence-corrected chi connectivity index (χ3v) is 6.68. The first-order valence-electron chi connectivity index (χ1n) is 10.4. The van der Waals surface area contributed by atoms with Gasteiger partial charge in [-0.25, -0.2) is 19.5 Å².